The summed E-state index contributed by atoms with van der Waals surface area (Å²) in [7, 11) is -3.47. The number of benzene rings is 1. The number of rotatable bonds is 10. The summed E-state index contributed by atoms with van der Waals surface area (Å²) in [5.41, 5.74) is 0.963. The zero-order valence-corrected chi connectivity index (χ0v) is 19.4. The Morgan fingerprint density at radius 2 is 1.65 bits per heavy atom. The van der Waals surface area contributed by atoms with Crippen LogP contribution in [0.5, 0.6) is 0 Å². The average Bonchev–Trinajstić information content (AvgIpc) is 2.81. The number of morpholine rings is 1. The number of hydrogen-bond acceptors (Lipinski definition) is 6. The van der Waals surface area contributed by atoms with E-state index in [4.69, 9.17) is 4.74 Å². The van der Waals surface area contributed by atoms with Gasteiger partial charge in [0.05, 0.1) is 18.1 Å². The maximum atomic E-state index is 12.7. The standard InChI is InChI=1S/C22H36N4O4S/c1-2-24-12-14-25(15-13-24)11-3-10-23-22(27)9-6-20-4-7-21(8-5-20)31(28,29)26-16-18-30-19-17-26/h4-5,7-8H,2-3,6,9-19H2,1H3,(H,23,27). The summed E-state index contributed by atoms with van der Waals surface area (Å²) in [6, 6.07) is 6.87. The van der Waals surface area contributed by atoms with Gasteiger partial charge in [0.1, 0.15) is 0 Å². The third-order valence-corrected chi connectivity index (χ3v) is 7.97. The Balaban J connectivity index is 1.34. The predicted octanol–water partition coefficient (Wildman–Crippen LogP) is 0.784. The van der Waals surface area contributed by atoms with Crippen molar-refractivity contribution >= 4 is 15.9 Å². The molecule has 0 saturated carbocycles. The Morgan fingerprint density at radius 1 is 1.00 bits per heavy atom. The number of likely N-dealkylation sites (N-methyl/N-ethyl adjacent to an activating group) is 1. The monoisotopic (exact) mass is 452 g/mol. The van der Waals surface area contributed by atoms with Crippen molar-refractivity contribution in [2.24, 2.45) is 0 Å². The van der Waals surface area contributed by atoms with E-state index in [-0.39, 0.29) is 5.91 Å². The molecule has 174 valence electrons. The summed E-state index contributed by atoms with van der Waals surface area (Å²) in [4.78, 5) is 17.4. The Bertz CT molecular complexity index is 786. The van der Waals surface area contributed by atoms with Gasteiger partial charge < -0.3 is 19.9 Å². The fraction of sp³-hybridized carbons (Fsp3) is 0.682. The molecule has 1 aromatic carbocycles. The number of sulfonamides is 1. The quantitative estimate of drug-likeness (QED) is 0.529. The number of nitrogens with zero attached hydrogens (tertiary/aromatic N) is 3. The second-order valence-electron chi connectivity index (χ2n) is 8.14. The van der Waals surface area contributed by atoms with E-state index in [1.807, 2.05) is 0 Å². The molecule has 3 rings (SSSR count). The molecule has 0 bridgehead atoms. The molecule has 1 N–H and O–H groups in total. The lowest BCUT2D eigenvalue weighted by atomic mass is 10.1. The molecule has 31 heavy (non-hydrogen) atoms. The van der Waals surface area contributed by atoms with Crippen LogP contribution in [0, 0.1) is 0 Å². The first kappa shape index (κ1) is 24.1. The molecule has 0 spiro atoms. The summed E-state index contributed by atoms with van der Waals surface area (Å²) in [5, 5.41) is 3.00. The van der Waals surface area contributed by atoms with E-state index >= 15 is 0 Å². The smallest absolute Gasteiger partial charge is 0.243 e. The molecule has 0 aliphatic carbocycles. The van der Waals surface area contributed by atoms with Crippen LogP contribution in [0.15, 0.2) is 29.2 Å². The molecule has 0 radical (unpaired) electrons. The number of carbonyl (C=O) groups is 1. The van der Waals surface area contributed by atoms with Crippen LogP contribution in [-0.4, -0.2) is 101 Å². The number of hydrogen-bond donors (Lipinski definition) is 1. The van der Waals surface area contributed by atoms with Gasteiger partial charge in [-0.05, 0) is 43.6 Å². The predicted molar refractivity (Wildman–Crippen MR) is 121 cm³/mol. The van der Waals surface area contributed by atoms with Crippen LogP contribution in [-0.2, 0) is 26.0 Å². The summed E-state index contributed by atoms with van der Waals surface area (Å²) in [5.74, 6) is 0.0424. The second kappa shape index (κ2) is 11.9. The molecule has 2 aliphatic heterocycles. The van der Waals surface area contributed by atoms with E-state index in [0.717, 1.165) is 51.3 Å². The molecular weight excluding hydrogens is 416 g/mol. The van der Waals surface area contributed by atoms with Crippen molar-refractivity contribution in [1.82, 2.24) is 19.4 Å². The zero-order valence-electron chi connectivity index (χ0n) is 18.6. The van der Waals surface area contributed by atoms with Crippen LogP contribution in [0.25, 0.3) is 0 Å². The fourth-order valence-corrected chi connectivity index (χ4v) is 5.38. The Morgan fingerprint density at radius 3 is 2.29 bits per heavy atom. The van der Waals surface area contributed by atoms with Crippen molar-refractivity contribution in [2.75, 3.05) is 72.1 Å². The Kier molecular flexibility index (Phi) is 9.28. The lowest BCUT2D eigenvalue weighted by Crippen LogP contribution is -2.46. The topological polar surface area (TPSA) is 82.2 Å². The second-order valence-corrected chi connectivity index (χ2v) is 10.1. The minimum atomic E-state index is -3.47. The van der Waals surface area contributed by atoms with Gasteiger partial charge in [-0.25, -0.2) is 8.42 Å². The minimum Gasteiger partial charge on any atom is -0.379 e. The summed E-state index contributed by atoms with van der Waals surface area (Å²) >= 11 is 0. The third kappa shape index (κ3) is 7.25. The van der Waals surface area contributed by atoms with Crippen LogP contribution >= 0.6 is 0 Å². The molecule has 0 atom stereocenters. The van der Waals surface area contributed by atoms with Crippen LogP contribution < -0.4 is 5.32 Å². The Hall–Kier alpha value is -1.52. The van der Waals surface area contributed by atoms with E-state index in [1.54, 1.807) is 24.3 Å². The minimum absolute atomic E-state index is 0.0424. The van der Waals surface area contributed by atoms with Crippen molar-refractivity contribution in [3.05, 3.63) is 29.8 Å². The highest BCUT2D eigenvalue weighted by molar-refractivity contribution is 7.89. The summed E-state index contributed by atoms with van der Waals surface area (Å²) < 4.78 is 32.0. The van der Waals surface area contributed by atoms with Gasteiger partial charge in [0, 0.05) is 52.2 Å². The van der Waals surface area contributed by atoms with Gasteiger partial charge in [0.25, 0.3) is 0 Å². The maximum absolute atomic E-state index is 12.7. The molecule has 2 aliphatic rings. The number of ether oxygens (including phenoxy) is 1. The van der Waals surface area contributed by atoms with Crippen molar-refractivity contribution in [3.63, 3.8) is 0 Å². The molecule has 2 saturated heterocycles. The molecule has 8 nitrogen and oxygen atoms in total. The number of piperazine rings is 1. The van der Waals surface area contributed by atoms with Crippen LogP contribution in [0.2, 0.25) is 0 Å². The average molecular weight is 453 g/mol. The first-order valence-corrected chi connectivity index (χ1v) is 12.8. The number of aryl methyl sites for hydroxylation is 1. The Labute approximate surface area is 186 Å². The van der Waals surface area contributed by atoms with Crippen molar-refractivity contribution in [2.45, 2.75) is 31.1 Å². The number of carbonyl (C=O) groups excluding carboxylic acids is 1. The van der Waals surface area contributed by atoms with Crippen molar-refractivity contribution in [1.29, 1.82) is 0 Å². The third-order valence-electron chi connectivity index (χ3n) is 6.06. The van der Waals surface area contributed by atoms with Crippen LogP contribution in [0.1, 0.15) is 25.3 Å². The molecule has 2 heterocycles. The van der Waals surface area contributed by atoms with Gasteiger partial charge in [-0.15, -0.1) is 0 Å². The van der Waals surface area contributed by atoms with Gasteiger partial charge in [-0.1, -0.05) is 19.1 Å². The largest absolute Gasteiger partial charge is 0.379 e. The molecule has 9 heteroatoms. The molecule has 1 amide bonds. The van der Waals surface area contributed by atoms with Crippen LogP contribution in [0.3, 0.4) is 0 Å². The zero-order chi connectivity index (χ0) is 22.1. The van der Waals surface area contributed by atoms with Gasteiger partial charge in [-0.2, -0.15) is 4.31 Å². The highest BCUT2D eigenvalue weighted by Crippen LogP contribution is 2.18. The first-order valence-electron chi connectivity index (χ1n) is 11.4. The van der Waals surface area contributed by atoms with Gasteiger partial charge >= 0.3 is 0 Å². The van der Waals surface area contributed by atoms with Gasteiger partial charge in [0.15, 0.2) is 0 Å². The van der Waals surface area contributed by atoms with E-state index in [2.05, 4.69) is 22.0 Å². The van der Waals surface area contributed by atoms with Crippen LogP contribution in [0.4, 0.5) is 0 Å². The maximum Gasteiger partial charge on any atom is 0.243 e. The normalized spacial score (nSPS) is 19.4. The summed E-state index contributed by atoms with van der Waals surface area (Å²) in [6.45, 7) is 11.2. The number of amides is 1. The molecule has 1 aromatic rings. The molecule has 0 aromatic heterocycles. The number of nitrogens with one attached hydrogen (secondary N) is 1. The fourth-order valence-electron chi connectivity index (χ4n) is 3.97. The van der Waals surface area contributed by atoms with E-state index < -0.39 is 10.0 Å². The van der Waals surface area contributed by atoms with E-state index in [1.165, 1.54) is 4.31 Å². The molecule has 2 fully saturated rings. The van der Waals surface area contributed by atoms with Crippen molar-refractivity contribution in [3.8, 4) is 0 Å². The highest BCUT2D eigenvalue weighted by Gasteiger charge is 2.26. The highest BCUT2D eigenvalue weighted by atomic mass is 32.2. The lowest BCUT2D eigenvalue weighted by Gasteiger charge is -2.33. The van der Waals surface area contributed by atoms with E-state index in [9.17, 15) is 13.2 Å². The van der Waals surface area contributed by atoms with Crippen molar-refractivity contribution < 1.29 is 17.9 Å². The lowest BCUT2D eigenvalue weighted by molar-refractivity contribution is -0.121. The SMILES string of the molecule is CCN1CCN(CCCNC(=O)CCc2ccc(S(=O)(=O)N3CCOCC3)cc2)CC1. The summed E-state index contributed by atoms with van der Waals surface area (Å²) in [6.07, 6.45) is 1.97. The van der Waals surface area contributed by atoms with Gasteiger partial charge in [0.2, 0.25) is 15.9 Å². The van der Waals surface area contributed by atoms with Gasteiger partial charge in [-0.3, -0.25) is 4.79 Å². The molecular formula is C22H36N4O4S. The molecule has 0 unspecified atom stereocenters. The van der Waals surface area contributed by atoms with E-state index in [0.29, 0.717) is 50.6 Å². The first-order chi connectivity index (χ1) is 15.0.